The molecule has 0 bridgehead atoms. The van der Waals surface area contributed by atoms with Gasteiger partial charge in [-0.1, -0.05) is 18.2 Å². The molecular formula is C16H13ClN2. The molecule has 0 saturated carbocycles. The molecule has 0 saturated heterocycles. The first-order valence-corrected chi connectivity index (χ1v) is 6.69. The molecule has 0 spiro atoms. The van der Waals surface area contributed by atoms with Gasteiger partial charge in [0, 0.05) is 17.1 Å². The highest BCUT2D eigenvalue weighted by Crippen LogP contribution is 2.24. The summed E-state index contributed by atoms with van der Waals surface area (Å²) in [6.07, 6.45) is 1.84. The van der Waals surface area contributed by atoms with E-state index in [9.17, 15) is 0 Å². The molecule has 2 aromatic heterocycles. The highest BCUT2D eigenvalue weighted by Gasteiger charge is 2.06. The van der Waals surface area contributed by atoms with Crippen molar-refractivity contribution in [1.82, 2.24) is 9.97 Å². The SMILES string of the molecule is Cc1cc2ccccc2nc1-c1ccc(CCl)nc1. The van der Waals surface area contributed by atoms with Gasteiger partial charge in [-0.05, 0) is 36.8 Å². The fourth-order valence-electron chi connectivity index (χ4n) is 2.16. The number of para-hydroxylation sites is 1. The molecule has 3 rings (SSSR count). The first-order valence-electron chi connectivity index (χ1n) is 6.15. The summed E-state index contributed by atoms with van der Waals surface area (Å²) in [4.78, 5) is 9.05. The minimum absolute atomic E-state index is 0.435. The van der Waals surface area contributed by atoms with Crippen LogP contribution in [0, 0.1) is 6.92 Å². The van der Waals surface area contributed by atoms with Crippen LogP contribution in [-0.4, -0.2) is 9.97 Å². The van der Waals surface area contributed by atoms with Crippen LogP contribution in [0.3, 0.4) is 0 Å². The van der Waals surface area contributed by atoms with Gasteiger partial charge in [0.1, 0.15) is 0 Å². The molecule has 0 amide bonds. The van der Waals surface area contributed by atoms with E-state index < -0.39 is 0 Å². The Hall–Kier alpha value is -1.93. The highest BCUT2D eigenvalue weighted by molar-refractivity contribution is 6.16. The zero-order valence-corrected chi connectivity index (χ0v) is 11.4. The van der Waals surface area contributed by atoms with Crippen LogP contribution < -0.4 is 0 Å². The third-order valence-electron chi connectivity index (χ3n) is 3.15. The third-order valence-corrected chi connectivity index (χ3v) is 3.42. The molecule has 3 heteroatoms. The number of hydrogen-bond acceptors (Lipinski definition) is 2. The number of aromatic nitrogens is 2. The van der Waals surface area contributed by atoms with Gasteiger partial charge in [0.15, 0.2) is 0 Å². The Balaban J connectivity index is 2.15. The second-order valence-electron chi connectivity index (χ2n) is 4.52. The van der Waals surface area contributed by atoms with Gasteiger partial charge in [0.2, 0.25) is 0 Å². The van der Waals surface area contributed by atoms with Crippen LogP contribution >= 0.6 is 11.6 Å². The molecular weight excluding hydrogens is 256 g/mol. The molecule has 2 nitrogen and oxygen atoms in total. The van der Waals surface area contributed by atoms with Crippen molar-refractivity contribution in [2.45, 2.75) is 12.8 Å². The molecule has 0 aliphatic rings. The van der Waals surface area contributed by atoms with Gasteiger partial charge in [-0.15, -0.1) is 11.6 Å². The van der Waals surface area contributed by atoms with E-state index in [1.165, 1.54) is 0 Å². The van der Waals surface area contributed by atoms with Crippen molar-refractivity contribution in [2.24, 2.45) is 0 Å². The summed E-state index contributed by atoms with van der Waals surface area (Å²) >= 11 is 5.76. The van der Waals surface area contributed by atoms with Gasteiger partial charge < -0.3 is 0 Å². The summed E-state index contributed by atoms with van der Waals surface area (Å²) in [6, 6.07) is 14.3. The van der Waals surface area contributed by atoms with Crippen LogP contribution in [0.1, 0.15) is 11.3 Å². The van der Waals surface area contributed by atoms with Gasteiger partial charge in [-0.2, -0.15) is 0 Å². The lowest BCUT2D eigenvalue weighted by atomic mass is 10.1. The van der Waals surface area contributed by atoms with E-state index in [2.05, 4.69) is 24.0 Å². The predicted octanol–water partition coefficient (Wildman–Crippen LogP) is 4.34. The molecule has 0 atom stereocenters. The van der Waals surface area contributed by atoms with Crippen molar-refractivity contribution in [3.8, 4) is 11.3 Å². The summed E-state index contributed by atoms with van der Waals surface area (Å²) in [5.41, 5.74) is 5.04. The predicted molar refractivity (Wildman–Crippen MR) is 79.3 cm³/mol. The number of rotatable bonds is 2. The first kappa shape index (κ1) is 12.1. The number of benzene rings is 1. The maximum atomic E-state index is 5.76. The van der Waals surface area contributed by atoms with Crippen LogP contribution in [0.25, 0.3) is 22.2 Å². The Morgan fingerprint density at radius 1 is 1.11 bits per heavy atom. The number of alkyl halides is 1. The maximum absolute atomic E-state index is 5.76. The van der Waals surface area contributed by atoms with E-state index in [1.807, 2.05) is 36.5 Å². The lowest BCUT2D eigenvalue weighted by Crippen LogP contribution is -1.92. The summed E-state index contributed by atoms with van der Waals surface area (Å²) in [7, 11) is 0. The fourth-order valence-corrected chi connectivity index (χ4v) is 2.32. The largest absolute Gasteiger partial charge is 0.259 e. The number of nitrogens with zero attached hydrogens (tertiary/aromatic N) is 2. The quantitative estimate of drug-likeness (QED) is 0.646. The summed E-state index contributed by atoms with van der Waals surface area (Å²) in [5.74, 6) is 0.435. The Kier molecular flexibility index (Phi) is 3.18. The Morgan fingerprint density at radius 3 is 2.68 bits per heavy atom. The first-order chi connectivity index (χ1) is 9.28. The molecule has 0 aliphatic heterocycles. The maximum Gasteiger partial charge on any atom is 0.0754 e. The minimum atomic E-state index is 0.435. The number of pyridine rings is 2. The fraction of sp³-hybridized carbons (Fsp3) is 0.125. The van der Waals surface area contributed by atoms with E-state index in [-0.39, 0.29) is 0 Å². The van der Waals surface area contributed by atoms with Gasteiger partial charge in [0.25, 0.3) is 0 Å². The van der Waals surface area contributed by atoms with Crippen LogP contribution in [0.4, 0.5) is 0 Å². The molecule has 0 unspecified atom stereocenters. The zero-order valence-electron chi connectivity index (χ0n) is 10.6. The molecule has 0 radical (unpaired) electrons. The summed E-state index contributed by atoms with van der Waals surface area (Å²) in [5, 5.41) is 1.16. The number of aryl methyl sites for hydroxylation is 1. The van der Waals surface area contributed by atoms with E-state index in [4.69, 9.17) is 16.6 Å². The van der Waals surface area contributed by atoms with E-state index in [0.717, 1.165) is 33.4 Å². The second-order valence-corrected chi connectivity index (χ2v) is 4.79. The molecule has 3 aromatic rings. The summed E-state index contributed by atoms with van der Waals surface area (Å²) < 4.78 is 0. The lowest BCUT2D eigenvalue weighted by Gasteiger charge is -2.07. The molecule has 0 aliphatic carbocycles. The average molecular weight is 269 g/mol. The van der Waals surface area contributed by atoms with Crippen LogP contribution in [-0.2, 0) is 5.88 Å². The lowest BCUT2D eigenvalue weighted by molar-refractivity contribution is 1.16. The van der Waals surface area contributed by atoms with Gasteiger partial charge >= 0.3 is 0 Å². The van der Waals surface area contributed by atoms with Crippen LogP contribution in [0.2, 0.25) is 0 Å². The molecule has 19 heavy (non-hydrogen) atoms. The average Bonchev–Trinajstić information content (AvgIpc) is 2.47. The summed E-state index contributed by atoms with van der Waals surface area (Å²) in [6.45, 7) is 2.07. The van der Waals surface area contributed by atoms with Crippen molar-refractivity contribution in [3.05, 3.63) is 59.9 Å². The van der Waals surface area contributed by atoms with Crippen molar-refractivity contribution < 1.29 is 0 Å². The Labute approximate surface area is 117 Å². The van der Waals surface area contributed by atoms with Crippen molar-refractivity contribution in [2.75, 3.05) is 0 Å². The third kappa shape index (κ3) is 2.32. The monoisotopic (exact) mass is 268 g/mol. The van der Waals surface area contributed by atoms with Crippen LogP contribution in [0.5, 0.6) is 0 Å². The number of halogens is 1. The number of hydrogen-bond donors (Lipinski definition) is 0. The smallest absolute Gasteiger partial charge is 0.0754 e. The molecule has 2 heterocycles. The molecule has 94 valence electrons. The highest BCUT2D eigenvalue weighted by atomic mass is 35.5. The van der Waals surface area contributed by atoms with E-state index in [0.29, 0.717) is 5.88 Å². The zero-order chi connectivity index (χ0) is 13.2. The number of fused-ring (bicyclic) bond motifs is 1. The molecule has 0 N–H and O–H groups in total. The topological polar surface area (TPSA) is 25.8 Å². The van der Waals surface area contributed by atoms with E-state index >= 15 is 0 Å². The standard InChI is InChI=1S/C16H13ClN2/c1-11-8-12-4-2-3-5-15(12)19-16(11)13-6-7-14(9-17)18-10-13/h2-8,10H,9H2,1H3. The van der Waals surface area contributed by atoms with Crippen molar-refractivity contribution >= 4 is 22.5 Å². The molecule has 1 aromatic carbocycles. The van der Waals surface area contributed by atoms with Gasteiger partial charge in [-0.3, -0.25) is 4.98 Å². The second kappa shape index (κ2) is 4.98. The van der Waals surface area contributed by atoms with Crippen molar-refractivity contribution in [3.63, 3.8) is 0 Å². The van der Waals surface area contributed by atoms with Gasteiger partial charge in [0.05, 0.1) is 22.8 Å². The van der Waals surface area contributed by atoms with Crippen LogP contribution in [0.15, 0.2) is 48.7 Å². The minimum Gasteiger partial charge on any atom is -0.259 e. The Morgan fingerprint density at radius 2 is 1.95 bits per heavy atom. The normalized spacial score (nSPS) is 10.8. The van der Waals surface area contributed by atoms with Gasteiger partial charge in [-0.25, -0.2) is 4.98 Å². The van der Waals surface area contributed by atoms with E-state index in [1.54, 1.807) is 0 Å². The molecule has 0 fully saturated rings. The Bertz CT molecular complexity index is 720. The van der Waals surface area contributed by atoms with Crippen molar-refractivity contribution in [1.29, 1.82) is 0 Å².